The molecule has 1 saturated carbocycles. The van der Waals surface area contributed by atoms with Crippen LogP contribution in [0.25, 0.3) is 0 Å². The molecule has 1 atom stereocenters. The van der Waals surface area contributed by atoms with Gasteiger partial charge in [0.05, 0.1) is 10.6 Å². The van der Waals surface area contributed by atoms with E-state index < -0.39 is 11.7 Å². The molecule has 2 aromatic rings. The van der Waals surface area contributed by atoms with Crippen molar-refractivity contribution in [3.63, 3.8) is 0 Å². The largest absolute Gasteiger partial charge is 0.487 e. The molecule has 2 aliphatic rings. The molecule has 0 N–H and O–H groups in total. The molecule has 186 valence electrons. The van der Waals surface area contributed by atoms with Gasteiger partial charge < -0.3 is 14.5 Å². The zero-order valence-electron chi connectivity index (χ0n) is 19.8. The minimum absolute atomic E-state index is 0.102. The minimum atomic E-state index is -4.41. The second kappa shape index (κ2) is 11.3. The molecule has 1 aliphatic heterocycles. The van der Waals surface area contributed by atoms with Gasteiger partial charge in [-0.3, -0.25) is 0 Å². The van der Waals surface area contributed by atoms with Gasteiger partial charge in [-0.1, -0.05) is 55.1 Å². The Balaban J connectivity index is 1.49. The van der Waals surface area contributed by atoms with Crippen LogP contribution in [0.3, 0.4) is 0 Å². The fourth-order valence-electron chi connectivity index (χ4n) is 5.31. The van der Waals surface area contributed by atoms with Crippen molar-refractivity contribution in [2.45, 2.75) is 50.8 Å². The third kappa shape index (κ3) is 6.46. The summed E-state index contributed by atoms with van der Waals surface area (Å²) in [5, 5.41) is 0.459. The first-order valence-electron chi connectivity index (χ1n) is 12.3. The summed E-state index contributed by atoms with van der Waals surface area (Å²) in [5.74, 6) is 1.46. The number of halogens is 4. The van der Waals surface area contributed by atoms with Crippen molar-refractivity contribution in [1.29, 1.82) is 0 Å². The van der Waals surface area contributed by atoms with Crippen LogP contribution in [0.2, 0.25) is 5.02 Å². The first kappa shape index (κ1) is 25.3. The lowest BCUT2D eigenvalue weighted by atomic mass is 9.76. The molecule has 2 aromatic carbocycles. The summed E-state index contributed by atoms with van der Waals surface area (Å²) in [6.07, 6.45) is 1.93. The standard InChI is InChI=1S/C27H34ClF3N2O/c1-32-13-15-33(16-14-32)18-23(20-7-3-2-4-8-20)21-11-12-26(25(28)17-21)34-19-22-9-5-6-10-24(22)27(29,30)31/h5-6,9-12,17,20,23H,2-4,7-8,13-16,18-19H2,1H3. The Labute approximate surface area is 205 Å². The molecule has 0 bridgehead atoms. The number of alkyl halides is 3. The van der Waals surface area contributed by atoms with E-state index in [4.69, 9.17) is 16.3 Å². The molecule has 2 fully saturated rings. The van der Waals surface area contributed by atoms with Gasteiger partial charge in [-0.25, -0.2) is 0 Å². The van der Waals surface area contributed by atoms with Crippen LogP contribution < -0.4 is 4.74 Å². The van der Waals surface area contributed by atoms with Gasteiger partial charge in [0.15, 0.2) is 0 Å². The number of hydrogen-bond donors (Lipinski definition) is 0. The van der Waals surface area contributed by atoms with Gasteiger partial charge in [0, 0.05) is 38.3 Å². The van der Waals surface area contributed by atoms with Crippen LogP contribution in [0, 0.1) is 5.92 Å². The second-order valence-electron chi connectivity index (χ2n) is 9.74. The predicted molar refractivity (Wildman–Crippen MR) is 130 cm³/mol. The van der Waals surface area contributed by atoms with Crippen molar-refractivity contribution >= 4 is 11.6 Å². The molecule has 1 heterocycles. The minimum Gasteiger partial charge on any atom is -0.487 e. The van der Waals surface area contributed by atoms with Crippen LogP contribution in [-0.4, -0.2) is 49.6 Å². The van der Waals surface area contributed by atoms with E-state index in [0.29, 0.717) is 22.6 Å². The molecular formula is C27H34ClF3N2O. The highest BCUT2D eigenvalue weighted by Crippen LogP contribution is 2.39. The van der Waals surface area contributed by atoms with Gasteiger partial charge in [-0.15, -0.1) is 0 Å². The lowest BCUT2D eigenvalue weighted by Gasteiger charge is -2.38. The predicted octanol–water partition coefficient (Wildman–Crippen LogP) is 6.85. The Hall–Kier alpha value is -1.76. The summed E-state index contributed by atoms with van der Waals surface area (Å²) in [5.41, 5.74) is 0.636. The Kier molecular flexibility index (Phi) is 8.43. The van der Waals surface area contributed by atoms with Crippen molar-refractivity contribution in [1.82, 2.24) is 9.80 Å². The third-order valence-corrected chi connectivity index (χ3v) is 7.66. The van der Waals surface area contributed by atoms with Crippen LogP contribution in [0.15, 0.2) is 42.5 Å². The Bertz CT molecular complexity index is 938. The highest BCUT2D eigenvalue weighted by molar-refractivity contribution is 6.32. The van der Waals surface area contributed by atoms with Gasteiger partial charge in [0.1, 0.15) is 12.4 Å². The molecular weight excluding hydrogens is 461 g/mol. The first-order valence-corrected chi connectivity index (χ1v) is 12.7. The molecule has 1 saturated heterocycles. The topological polar surface area (TPSA) is 15.7 Å². The fourth-order valence-corrected chi connectivity index (χ4v) is 5.56. The monoisotopic (exact) mass is 494 g/mol. The fraction of sp³-hybridized carbons (Fsp3) is 0.556. The van der Waals surface area contributed by atoms with Gasteiger partial charge >= 0.3 is 6.18 Å². The summed E-state index contributed by atoms with van der Waals surface area (Å²) in [7, 11) is 2.17. The molecule has 0 radical (unpaired) electrons. The SMILES string of the molecule is CN1CCN(CC(c2ccc(OCc3ccccc3C(F)(F)F)c(Cl)c2)C2CCCCC2)CC1. The van der Waals surface area contributed by atoms with Gasteiger partial charge in [0.2, 0.25) is 0 Å². The molecule has 3 nitrogen and oxygen atoms in total. The van der Waals surface area contributed by atoms with Gasteiger partial charge in [0.25, 0.3) is 0 Å². The molecule has 0 spiro atoms. The quantitative estimate of drug-likeness (QED) is 0.418. The average molecular weight is 495 g/mol. The maximum Gasteiger partial charge on any atom is 0.416 e. The van der Waals surface area contributed by atoms with E-state index >= 15 is 0 Å². The maximum atomic E-state index is 13.3. The molecule has 0 aromatic heterocycles. The number of piperazine rings is 1. The first-order chi connectivity index (χ1) is 16.3. The highest BCUT2D eigenvalue weighted by atomic mass is 35.5. The number of nitrogens with zero attached hydrogens (tertiary/aromatic N) is 2. The summed E-state index contributed by atoms with van der Waals surface area (Å²) < 4.78 is 45.6. The van der Waals surface area contributed by atoms with Crippen molar-refractivity contribution in [2.75, 3.05) is 39.8 Å². The Morgan fingerprint density at radius 2 is 1.71 bits per heavy atom. The zero-order chi connectivity index (χ0) is 24.1. The number of benzene rings is 2. The van der Waals surface area contributed by atoms with Crippen LogP contribution in [0.1, 0.15) is 54.7 Å². The summed E-state index contributed by atoms with van der Waals surface area (Å²) >= 11 is 6.60. The van der Waals surface area contributed by atoms with Crippen molar-refractivity contribution in [3.8, 4) is 5.75 Å². The second-order valence-corrected chi connectivity index (χ2v) is 10.1. The maximum absolute atomic E-state index is 13.3. The number of ether oxygens (including phenoxy) is 1. The lowest BCUT2D eigenvalue weighted by Crippen LogP contribution is -2.46. The number of likely N-dealkylation sites (N-methyl/N-ethyl adjacent to an activating group) is 1. The van der Waals surface area contributed by atoms with Gasteiger partial charge in [-0.2, -0.15) is 13.2 Å². The Morgan fingerprint density at radius 1 is 1.00 bits per heavy atom. The van der Waals surface area contributed by atoms with E-state index in [9.17, 15) is 13.2 Å². The van der Waals surface area contributed by atoms with E-state index in [1.165, 1.54) is 49.8 Å². The smallest absolute Gasteiger partial charge is 0.416 e. The van der Waals surface area contributed by atoms with E-state index in [1.807, 2.05) is 12.1 Å². The van der Waals surface area contributed by atoms with Crippen LogP contribution in [0.4, 0.5) is 13.2 Å². The number of hydrogen-bond acceptors (Lipinski definition) is 3. The van der Waals surface area contributed by atoms with E-state index in [-0.39, 0.29) is 12.2 Å². The summed E-state index contributed by atoms with van der Waals surface area (Å²) in [6.45, 7) is 5.17. The number of rotatable bonds is 7. The van der Waals surface area contributed by atoms with E-state index in [0.717, 1.165) is 38.8 Å². The van der Waals surface area contributed by atoms with Crippen LogP contribution in [0.5, 0.6) is 5.75 Å². The van der Waals surface area contributed by atoms with E-state index in [2.05, 4.69) is 22.9 Å². The normalized spacial score (nSPS) is 19.8. The van der Waals surface area contributed by atoms with Gasteiger partial charge in [-0.05, 0) is 55.5 Å². The average Bonchev–Trinajstić information content (AvgIpc) is 2.83. The van der Waals surface area contributed by atoms with Crippen molar-refractivity contribution in [2.24, 2.45) is 5.92 Å². The Morgan fingerprint density at radius 3 is 2.38 bits per heavy atom. The molecule has 7 heteroatoms. The summed E-state index contributed by atoms with van der Waals surface area (Å²) in [4.78, 5) is 4.93. The molecule has 1 aliphatic carbocycles. The molecule has 1 unspecified atom stereocenters. The third-order valence-electron chi connectivity index (χ3n) is 7.36. The lowest BCUT2D eigenvalue weighted by molar-refractivity contribution is -0.138. The van der Waals surface area contributed by atoms with Crippen molar-refractivity contribution < 1.29 is 17.9 Å². The van der Waals surface area contributed by atoms with E-state index in [1.54, 1.807) is 6.07 Å². The molecule has 0 amide bonds. The highest BCUT2D eigenvalue weighted by Gasteiger charge is 2.33. The zero-order valence-corrected chi connectivity index (χ0v) is 20.5. The summed E-state index contributed by atoms with van der Waals surface area (Å²) in [6, 6.07) is 11.4. The molecule has 34 heavy (non-hydrogen) atoms. The van der Waals surface area contributed by atoms with Crippen LogP contribution in [-0.2, 0) is 12.8 Å². The van der Waals surface area contributed by atoms with Crippen LogP contribution >= 0.6 is 11.6 Å². The van der Waals surface area contributed by atoms with Crippen molar-refractivity contribution in [3.05, 3.63) is 64.2 Å². The molecule has 4 rings (SSSR count).